The van der Waals surface area contributed by atoms with E-state index in [1.54, 1.807) is 26.1 Å². The zero-order valence-corrected chi connectivity index (χ0v) is 15.1. The van der Waals surface area contributed by atoms with E-state index in [0.717, 1.165) is 11.0 Å². The van der Waals surface area contributed by atoms with Gasteiger partial charge in [-0.2, -0.15) is 0 Å². The van der Waals surface area contributed by atoms with Crippen LogP contribution in [0.1, 0.15) is 19.2 Å². The number of nitrogens with one attached hydrogen (secondary N) is 1. The summed E-state index contributed by atoms with van der Waals surface area (Å²) < 4.78 is 6.84. The Kier molecular flexibility index (Phi) is 5.35. The second kappa shape index (κ2) is 7.86. The molecule has 1 N–H and O–H groups in total. The molecule has 0 fully saturated rings. The van der Waals surface area contributed by atoms with Crippen LogP contribution in [0.5, 0.6) is 0 Å². The van der Waals surface area contributed by atoms with Crippen LogP contribution in [0.25, 0.3) is 16.7 Å². The van der Waals surface area contributed by atoms with Gasteiger partial charge in [0, 0.05) is 19.5 Å². The molecule has 27 heavy (non-hydrogen) atoms. The van der Waals surface area contributed by atoms with Gasteiger partial charge in [-0.25, -0.2) is 4.98 Å². The van der Waals surface area contributed by atoms with Gasteiger partial charge in [-0.1, -0.05) is 12.1 Å². The molecule has 3 rings (SSSR count). The lowest BCUT2D eigenvalue weighted by Crippen LogP contribution is -2.09. The molecule has 0 unspecified atom stereocenters. The molecular formula is C19H20N4O4. The summed E-state index contributed by atoms with van der Waals surface area (Å²) in [5.74, 6) is 0.350. The number of nitro benzene ring substituents is 1. The van der Waals surface area contributed by atoms with Gasteiger partial charge >= 0.3 is 5.97 Å². The van der Waals surface area contributed by atoms with Gasteiger partial charge in [-0.15, -0.1) is 0 Å². The number of benzene rings is 2. The van der Waals surface area contributed by atoms with Crippen LogP contribution in [0.3, 0.4) is 0 Å². The van der Waals surface area contributed by atoms with E-state index in [1.165, 1.54) is 6.07 Å². The van der Waals surface area contributed by atoms with Crippen molar-refractivity contribution >= 4 is 28.4 Å². The number of aryl methyl sites for hydroxylation is 1. The molecule has 1 heterocycles. The van der Waals surface area contributed by atoms with Crippen LogP contribution in [0, 0.1) is 10.1 Å². The van der Waals surface area contributed by atoms with Gasteiger partial charge in [0.05, 0.1) is 34.7 Å². The van der Waals surface area contributed by atoms with Gasteiger partial charge in [-0.05, 0) is 31.2 Å². The molecule has 0 saturated carbocycles. The fourth-order valence-electron chi connectivity index (χ4n) is 3.00. The SMILES string of the molecule is CCOC(=O)CCc1nc2ccccc2n1-c1ccc(NC)c([N+](=O)[O-])c1. The van der Waals surface area contributed by atoms with Crippen molar-refractivity contribution in [2.24, 2.45) is 0 Å². The second-order valence-corrected chi connectivity index (χ2v) is 5.87. The maximum atomic E-state index is 11.7. The number of nitrogens with zero attached hydrogens (tertiary/aromatic N) is 3. The highest BCUT2D eigenvalue weighted by molar-refractivity contribution is 5.79. The minimum absolute atomic E-state index is 0.0240. The molecule has 2 aromatic carbocycles. The van der Waals surface area contributed by atoms with Crippen molar-refractivity contribution in [2.75, 3.05) is 19.0 Å². The van der Waals surface area contributed by atoms with Crippen molar-refractivity contribution in [1.29, 1.82) is 0 Å². The van der Waals surface area contributed by atoms with Crippen LogP contribution >= 0.6 is 0 Å². The predicted molar refractivity (Wildman–Crippen MR) is 102 cm³/mol. The first kappa shape index (κ1) is 18.4. The van der Waals surface area contributed by atoms with Gasteiger partial charge in [0.1, 0.15) is 11.5 Å². The first-order chi connectivity index (χ1) is 13.0. The summed E-state index contributed by atoms with van der Waals surface area (Å²) in [6, 6.07) is 12.5. The topological polar surface area (TPSA) is 99.3 Å². The molecule has 8 heteroatoms. The van der Waals surface area contributed by atoms with E-state index < -0.39 is 4.92 Å². The zero-order valence-electron chi connectivity index (χ0n) is 15.1. The van der Waals surface area contributed by atoms with Gasteiger partial charge in [-0.3, -0.25) is 19.5 Å². The molecule has 0 spiro atoms. The number of esters is 1. The molecule has 140 valence electrons. The smallest absolute Gasteiger partial charge is 0.306 e. The van der Waals surface area contributed by atoms with Crippen molar-refractivity contribution in [3.05, 3.63) is 58.4 Å². The van der Waals surface area contributed by atoms with E-state index >= 15 is 0 Å². The van der Waals surface area contributed by atoms with Crippen molar-refractivity contribution in [1.82, 2.24) is 9.55 Å². The van der Waals surface area contributed by atoms with Crippen LogP contribution in [0.15, 0.2) is 42.5 Å². The number of fused-ring (bicyclic) bond motifs is 1. The Hall–Kier alpha value is -3.42. The lowest BCUT2D eigenvalue weighted by molar-refractivity contribution is -0.383. The quantitative estimate of drug-likeness (QED) is 0.389. The molecule has 0 radical (unpaired) electrons. The second-order valence-electron chi connectivity index (χ2n) is 5.87. The summed E-state index contributed by atoms with van der Waals surface area (Å²) >= 11 is 0. The first-order valence-electron chi connectivity index (χ1n) is 8.63. The largest absolute Gasteiger partial charge is 0.466 e. The highest BCUT2D eigenvalue weighted by atomic mass is 16.6. The lowest BCUT2D eigenvalue weighted by atomic mass is 10.2. The minimum Gasteiger partial charge on any atom is -0.466 e. The summed E-state index contributed by atoms with van der Waals surface area (Å²) in [5.41, 5.74) is 2.61. The van der Waals surface area contributed by atoms with Crippen molar-refractivity contribution < 1.29 is 14.5 Å². The number of anilines is 1. The normalized spacial score (nSPS) is 10.7. The van der Waals surface area contributed by atoms with Crippen molar-refractivity contribution in [3.8, 4) is 5.69 Å². The molecule has 3 aromatic rings. The highest BCUT2D eigenvalue weighted by Crippen LogP contribution is 2.30. The fourth-order valence-corrected chi connectivity index (χ4v) is 3.00. The lowest BCUT2D eigenvalue weighted by Gasteiger charge is -2.11. The number of ether oxygens (including phenoxy) is 1. The summed E-state index contributed by atoms with van der Waals surface area (Å²) in [4.78, 5) is 27.4. The first-order valence-corrected chi connectivity index (χ1v) is 8.63. The summed E-state index contributed by atoms with van der Waals surface area (Å²) in [6.07, 6.45) is 0.558. The van der Waals surface area contributed by atoms with Crippen LogP contribution in [0.4, 0.5) is 11.4 Å². The Bertz CT molecular complexity index is 997. The summed E-state index contributed by atoms with van der Waals surface area (Å²) in [5, 5.41) is 14.2. The Labute approximate surface area is 155 Å². The van der Waals surface area contributed by atoms with E-state index in [-0.39, 0.29) is 18.1 Å². The van der Waals surface area contributed by atoms with E-state index in [0.29, 0.717) is 30.2 Å². The highest BCUT2D eigenvalue weighted by Gasteiger charge is 2.18. The zero-order chi connectivity index (χ0) is 19.4. The average molecular weight is 368 g/mol. The standard InChI is InChI=1S/C19H20N4O4/c1-3-27-19(24)11-10-18-21-15-6-4-5-7-16(15)22(18)13-8-9-14(20-2)17(12-13)23(25)26/h4-9,12,20H,3,10-11H2,1-2H3. The summed E-state index contributed by atoms with van der Waals surface area (Å²) in [6.45, 7) is 2.09. The van der Waals surface area contributed by atoms with E-state index in [1.807, 2.05) is 28.8 Å². The van der Waals surface area contributed by atoms with Crippen molar-refractivity contribution in [2.45, 2.75) is 19.8 Å². The third-order valence-corrected chi connectivity index (χ3v) is 4.19. The molecule has 1 aromatic heterocycles. The minimum atomic E-state index is -0.424. The Balaban J connectivity index is 2.09. The third kappa shape index (κ3) is 3.74. The number of hydrogen-bond donors (Lipinski definition) is 1. The van der Waals surface area contributed by atoms with E-state index in [2.05, 4.69) is 10.3 Å². The van der Waals surface area contributed by atoms with Crippen molar-refractivity contribution in [3.63, 3.8) is 0 Å². The number of imidazole rings is 1. The Morgan fingerprint density at radius 3 is 2.78 bits per heavy atom. The van der Waals surface area contributed by atoms with Crippen LogP contribution in [-0.4, -0.2) is 34.1 Å². The maximum Gasteiger partial charge on any atom is 0.306 e. The Morgan fingerprint density at radius 2 is 2.07 bits per heavy atom. The van der Waals surface area contributed by atoms with E-state index in [4.69, 9.17) is 4.74 Å². The molecule has 0 amide bonds. The predicted octanol–water partition coefficient (Wildman–Crippen LogP) is 3.47. The molecule has 0 saturated heterocycles. The number of para-hydroxylation sites is 2. The molecule has 0 aliphatic heterocycles. The Morgan fingerprint density at radius 1 is 1.30 bits per heavy atom. The molecular weight excluding hydrogens is 348 g/mol. The third-order valence-electron chi connectivity index (χ3n) is 4.19. The molecule has 0 bridgehead atoms. The number of carbonyl (C=O) groups excluding carboxylic acids is 1. The van der Waals surface area contributed by atoms with E-state index in [9.17, 15) is 14.9 Å². The van der Waals surface area contributed by atoms with Gasteiger partial charge in [0.15, 0.2) is 0 Å². The van der Waals surface area contributed by atoms with Gasteiger partial charge in [0.2, 0.25) is 0 Å². The number of aromatic nitrogens is 2. The van der Waals surface area contributed by atoms with Crippen LogP contribution in [0.2, 0.25) is 0 Å². The molecule has 8 nitrogen and oxygen atoms in total. The number of hydrogen-bond acceptors (Lipinski definition) is 6. The number of rotatable bonds is 7. The monoisotopic (exact) mass is 368 g/mol. The van der Waals surface area contributed by atoms with Gasteiger partial charge < -0.3 is 10.1 Å². The average Bonchev–Trinajstić information content (AvgIpc) is 3.04. The fraction of sp³-hybridized carbons (Fsp3) is 0.263. The number of carbonyl (C=O) groups is 1. The van der Waals surface area contributed by atoms with Gasteiger partial charge in [0.25, 0.3) is 5.69 Å². The van der Waals surface area contributed by atoms with Crippen LogP contribution in [-0.2, 0) is 16.0 Å². The summed E-state index contributed by atoms with van der Waals surface area (Å²) in [7, 11) is 1.64. The molecule has 0 aliphatic carbocycles. The number of nitro groups is 1. The maximum absolute atomic E-state index is 11.7. The molecule has 0 aliphatic rings. The molecule has 0 atom stereocenters. The van der Waals surface area contributed by atoms with Crippen LogP contribution < -0.4 is 5.32 Å².